The van der Waals surface area contributed by atoms with Crippen molar-refractivity contribution in [2.45, 2.75) is 6.42 Å². The zero-order valence-electron chi connectivity index (χ0n) is 20.8. The van der Waals surface area contributed by atoms with Gasteiger partial charge in [-0.25, -0.2) is 18.0 Å². The monoisotopic (exact) mass is 533 g/mol. The van der Waals surface area contributed by atoms with Gasteiger partial charge in [-0.3, -0.25) is 0 Å². The molecule has 0 fully saturated rings. The van der Waals surface area contributed by atoms with Crippen LogP contribution in [-0.4, -0.2) is 44.8 Å². The quantitative estimate of drug-likeness (QED) is 0.313. The first-order valence-corrected chi connectivity index (χ1v) is 11.7. The molecule has 0 atom stereocenters. The SMILES string of the molecule is CN(C)C(=O)Oc1c(N)nc(-n2nc(Cc3c(F)ccc(F)c3F)c3cc(-c4ccccc4)ccc32)nc1N. The molecule has 0 aliphatic rings. The van der Waals surface area contributed by atoms with Crippen molar-refractivity contribution in [2.75, 3.05) is 25.6 Å². The number of anilines is 2. The Bertz CT molecular complexity index is 1700. The van der Waals surface area contributed by atoms with Gasteiger partial charge in [0.05, 0.1) is 11.2 Å². The smallest absolute Gasteiger partial charge is 0.402 e. The van der Waals surface area contributed by atoms with Crippen LogP contribution in [-0.2, 0) is 6.42 Å². The number of rotatable bonds is 5. The summed E-state index contributed by atoms with van der Waals surface area (Å²) < 4.78 is 49.6. The number of halogens is 3. The van der Waals surface area contributed by atoms with Crippen LogP contribution in [0.4, 0.5) is 29.6 Å². The number of nitrogens with two attached hydrogens (primary N) is 2. The van der Waals surface area contributed by atoms with Crippen molar-refractivity contribution < 1.29 is 22.7 Å². The van der Waals surface area contributed by atoms with E-state index in [0.717, 1.165) is 23.3 Å². The van der Waals surface area contributed by atoms with Gasteiger partial charge in [0.2, 0.25) is 5.75 Å². The summed E-state index contributed by atoms with van der Waals surface area (Å²) in [6, 6.07) is 16.4. The van der Waals surface area contributed by atoms with Gasteiger partial charge in [-0.15, -0.1) is 0 Å². The Labute approximate surface area is 220 Å². The molecule has 0 radical (unpaired) electrons. The predicted octanol–water partition coefficient (Wildman–Crippen LogP) is 4.72. The minimum Gasteiger partial charge on any atom is -0.402 e. The van der Waals surface area contributed by atoms with Crippen molar-refractivity contribution in [3.05, 3.63) is 89.4 Å². The molecular formula is C27H22F3N7O2. The van der Waals surface area contributed by atoms with Crippen LogP contribution >= 0.6 is 0 Å². The molecule has 1 amide bonds. The lowest BCUT2D eigenvalue weighted by Gasteiger charge is -2.13. The van der Waals surface area contributed by atoms with E-state index in [1.165, 1.54) is 23.7 Å². The molecule has 198 valence electrons. The van der Waals surface area contributed by atoms with Crippen LogP contribution in [0.15, 0.2) is 60.7 Å². The zero-order chi connectivity index (χ0) is 27.8. The molecule has 4 N–H and O–H groups in total. The number of carbonyl (C=O) groups is 1. The highest BCUT2D eigenvalue weighted by Crippen LogP contribution is 2.32. The van der Waals surface area contributed by atoms with E-state index in [2.05, 4.69) is 15.1 Å². The van der Waals surface area contributed by atoms with Gasteiger partial charge < -0.3 is 21.1 Å². The first-order valence-electron chi connectivity index (χ1n) is 11.7. The maximum absolute atomic E-state index is 14.6. The third-order valence-electron chi connectivity index (χ3n) is 6.00. The number of aromatic nitrogens is 4. The van der Waals surface area contributed by atoms with Crippen molar-refractivity contribution in [1.29, 1.82) is 0 Å². The fourth-order valence-corrected chi connectivity index (χ4v) is 4.02. The van der Waals surface area contributed by atoms with Gasteiger partial charge >= 0.3 is 6.09 Å². The normalized spacial score (nSPS) is 11.1. The van der Waals surface area contributed by atoms with Gasteiger partial charge in [-0.1, -0.05) is 36.4 Å². The Hall–Kier alpha value is -5.13. The molecule has 12 heteroatoms. The van der Waals surface area contributed by atoms with Crippen LogP contribution in [0.25, 0.3) is 28.0 Å². The number of benzene rings is 3. The average Bonchev–Trinajstić information content (AvgIpc) is 3.28. The summed E-state index contributed by atoms with van der Waals surface area (Å²) in [6.45, 7) is 0. The summed E-state index contributed by atoms with van der Waals surface area (Å²) in [6.07, 6.45) is -1.09. The zero-order valence-corrected chi connectivity index (χ0v) is 20.8. The molecule has 39 heavy (non-hydrogen) atoms. The molecule has 0 unspecified atom stereocenters. The molecule has 0 bridgehead atoms. The average molecular weight is 534 g/mol. The van der Waals surface area contributed by atoms with Crippen LogP contribution in [0, 0.1) is 17.5 Å². The summed E-state index contributed by atoms with van der Waals surface area (Å²) in [5, 5.41) is 5.03. The Kier molecular flexibility index (Phi) is 6.52. The summed E-state index contributed by atoms with van der Waals surface area (Å²) in [7, 11) is 2.96. The van der Waals surface area contributed by atoms with Gasteiger partial charge in [0.15, 0.2) is 23.3 Å². The summed E-state index contributed by atoms with van der Waals surface area (Å²) >= 11 is 0. The number of hydrogen-bond donors (Lipinski definition) is 2. The van der Waals surface area contributed by atoms with E-state index >= 15 is 0 Å². The van der Waals surface area contributed by atoms with E-state index in [1.807, 2.05) is 36.4 Å². The Balaban J connectivity index is 1.67. The topological polar surface area (TPSA) is 125 Å². The molecule has 0 spiro atoms. The number of carbonyl (C=O) groups excluding carboxylic acids is 1. The summed E-state index contributed by atoms with van der Waals surface area (Å²) in [5.41, 5.74) is 14.0. The van der Waals surface area contributed by atoms with Crippen molar-refractivity contribution in [2.24, 2.45) is 0 Å². The van der Waals surface area contributed by atoms with Crippen molar-refractivity contribution in [1.82, 2.24) is 24.6 Å². The third kappa shape index (κ3) is 4.79. The van der Waals surface area contributed by atoms with Gasteiger partial charge in [-0.2, -0.15) is 19.7 Å². The van der Waals surface area contributed by atoms with Gasteiger partial charge in [0, 0.05) is 31.5 Å². The minimum absolute atomic E-state index is 0.0708. The van der Waals surface area contributed by atoms with E-state index in [0.29, 0.717) is 10.9 Å². The fraction of sp³-hybridized carbons (Fsp3) is 0.111. The first kappa shape index (κ1) is 25.5. The summed E-state index contributed by atoms with van der Waals surface area (Å²) in [4.78, 5) is 21.6. The fourth-order valence-electron chi connectivity index (χ4n) is 4.02. The molecular weight excluding hydrogens is 511 g/mol. The molecule has 9 nitrogen and oxygen atoms in total. The predicted molar refractivity (Wildman–Crippen MR) is 140 cm³/mol. The molecule has 0 aliphatic carbocycles. The van der Waals surface area contributed by atoms with E-state index in [-0.39, 0.29) is 35.4 Å². The highest BCUT2D eigenvalue weighted by atomic mass is 19.2. The maximum Gasteiger partial charge on any atom is 0.414 e. The van der Waals surface area contributed by atoms with Crippen molar-refractivity contribution in [3.63, 3.8) is 0 Å². The summed E-state index contributed by atoms with van der Waals surface area (Å²) in [5.74, 6) is -4.11. The largest absolute Gasteiger partial charge is 0.414 e. The van der Waals surface area contributed by atoms with Crippen molar-refractivity contribution in [3.8, 4) is 22.8 Å². The standard InChI is InChI=1S/C27H22F3N7O2/c1-36(2)27(38)39-23-24(31)33-26(34-25(23)32)37-21-11-8-15(14-6-4-3-5-7-14)12-17(21)20(35-37)13-16-18(28)9-10-19(29)22(16)30/h3-12H,13H2,1-2H3,(H4,31,32,33,34). The number of fused-ring (bicyclic) bond motifs is 1. The molecule has 0 saturated heterocycles. The number of nitrogen functional groups attached to an aromatic ring is 2. The van der Waals surface area contributed by atoms with E-state index in [1.54, 1.807) is 12.1 Å². The van der Waals surface area contributed by atoms with Gasteiger partial charge in [0.1, 0.15) is 5.82 Å². The van der Waals surface area contributed by atoms with Gasteiger partial charge in [-0.05, 0) is 35.4 Å². The van der Waals surface area contributed by atoms with Crippen LogP contribution in [0.3, 0.4) is 0 Å². The molecule has 0 saturated carbocycles. The Morgan fingerprint density at radius 2 is 1.59 bits per heavy atom. The second-order valence-electron chi connectivity index (χ2n) is 8.84. The molecule has 5 aromatic rings. The number of hydrogen-bond acceptors (Lipinski definition) is 7. The molecule has 2 heterocycles. The van der Waals surface area contributed by atoms with Crippen molar-refractivity contribution >= 4 is 28.6 Å². The Morgan fingerprint density at radius 1 is 0.923 bits per heavy atom. The Morgan fingerprint density at radius 3 is 2.26 bits per heavy atom. The second-order valence-corrected chi connectivity index (χ2v) is 8.84. The van der Waals surface area contributed by atoms with Crippen LogP contribution in [0.2, 0.25) is 0 Å². The minimum atomic E-state index is -1.30. The van der Waals surface area contributed by atoms with E-state index < -0.39 is 29.1 Å². The van der Waals surface area contributed by atoms with Crippen LogP contribution in [0.5, 0.6) is 5.75 Å². The lowest BCUT2D eigenvalue weighted by Crippen LogP contribution is -2.26. The van der Waals surface area contributed by atoms with Crippen LogP contribution in [0.1, 0.15) is 11.3 Å². The molecule has 5 rings (SSSR count). The molecule has 0 aliphatic heterocycles. The lowest BCUT2D eigenvalue weighted by molar-refractivity contribution is 0.172. The highest BCUT2D eigenvalue weighted by Gasteiger charge is 2.22. The third-order valence-corrected chi connectivity index (χ3v) is 6.00. The molecule has 3 aromatic carbocycles. The number of nitrogens with zero attached hydrogens (tertiary/aromatic N) is 5. The maximum atomic E-state index is 14.6. The number of ether oxygens (including phenoxy) is 1. The first-order chi connectivity index (χ1) is 18.6. The van der Waals surface area contributed by atoms with Crippen LogP contribution < -0.4 is 16.2 Å². The highest BCUT2D eigenvalue weighted by molar-refractivity contribution is 5.88. The molecule has 2 aromatic heterocycles. The van der Waals surface area contributed by atoms with E-state index in [4.69, 9.17) is 16.2 Å². The second kappa shape index (κ2) is 9.97. The lowest BCUT2D eigenvalue weighted by atomic mass is 10.0. The van der Waals surface area contributed by atoms with E-state index in [9.17, 15) is 18.0 Å². The number of amides is 1. The van der Waals surface area contributed by atoms with Gasteiger partial charge in [0.25, 0.3) is 5.95 Å².